The Bertz CT molecular complexity index is 518. The summed E-state index contributed by atoms with van der Waals surface area (Å²) in [5.41, 5.74) is 0.564. The van der Waals surface area contributed by atoms with Crippen molar-refractivity contribution in [3.63, 3.8) is 0 Å². The number of hydrogen-bond donors (Lipinski definition) is 2. The molecule has 1 unspecified atom stereocenters. The summed E-state index contributed by atoms with van der Waals surface area (Å²) >= 11 is 0. The number of aromatic nitrogens is 4. The zero-order chi connectivity index (χ0) is 13.9. The van der Waals surface area contributed by atoms with E-state index in [9.17, 15) is 5.11 Å². The molecule has 6 heteroatoms. The summed E-state index contributed by atoms with van der Waals surface area (Å²) in [7, 11) is 0. The van der Waals surface area contributed by atoms with E-state index >= 15 is 0 Å². The summed E-state index contributed by atoms with van der Waals surface area (Å²) in [6.45, 7) is 6.61. The molecular weight excluding hydrogens is 242 g/mol. The maximum Gasteiger partial charge on any atom is 0.174 e. The number of nitrogens with one attached hydrogen (secondary N) is 1. The lowest BCUT2D eigenvalue weighted by atomic mass is 10.1. The third kappa shape index (κ3) is 3.84. The van der Waals surface area contributed by atoms with Crippen LogP contribution >= 0.6 is 0 Å². The molecule has 6 nitrogen and oxygen atoms in total. The zero-order valence-electron chi connectivity index (χ0n) is 11.4. The molecule has 0 bridgehead atoms. The van der Waals surface area contributed by atoms with Crippen molar-refractivity contribution in [1.82, 2.24) is 25.3 Å². The fourth-order valence-electron chi connectivity index (χ4n) is 1.58. The number of nitrogens with zero attached hydrogens (tertiary/aromatic N) is 4. The minimum Gasteiger partial charge on any atom is -0.385 e. The first kappa shape index (κ1) is 13.6. The van der Waals surface area contributed by atoms with Crippen LogP contribution in [-0.4, -0.2) is 37.2 Å². The Balaban J connectivity index is 2.10. The van der Waals surface area contributed by atoms with Gasteiger partial charge in [-0.15, -0.1) is 4.80 Å². The monoisotopic (exact) mass is 261 g/mol. The van der Waals surface area contributed by atoms with Gasteiger partial charge in [0.1, 0.15) is 6.10 Å². The minimum atomic E-state index is -0.658. The Hall–Kier alpha value is -1.79. The molecular formula is C13H19N5O. The molecule has 2 N–H and O–H groups in total. The summed E-state index contributed by atoms with van der Waals surface area (Å²) in [5.74, 6) is 0.595. The molecule has 2 rings (SSSR count). The quantitative estimate of drug-likeness (QED) is 0.861. The van der Waals surface area contributed by atoms with Crippen LogP contribution in [0.3, 0.4) is 0 Å². The zero-order valence-corrected chi connectivity index (χ0v) is 11.4. The molecule has 0 spiro atoms. The molecule has 0 aromatic carbocycles. The highest BCUT2D eigenvalue weighted by atomic mass is 16.3. The SMILES string of the molecule is CC(C)(C)NCC(O)c1cccc(-n2nccn2)n1. The van der Waals surface area contributed by atoms with Crippen molar-refractivity contribution in [3.05, 3.63) is 36.3 Å². The van der Waals surface area contributed by atoms with Crippen LogP contribution in [0.25, 0.3) is 5.82 Å². The second-order valence-electron chi connectivity index (χ2n) is 5.39. The van der Waals surface area contributed by atoms with E-state index < -0.39 is 6.10 Å². The van der Waals surface area contributed by atoms with Gasteiger partial charge in [-0.1, -0.05) is 6.07 Å². The van der Waals surface area contributed by atoms with Gasteiger partial charge in [-0.25, -0.2) is 4.98 Å². The summed E-state index contributed by atoms with van der Waals surface area (Å²) < 4.78 is 0. The van der Waals surface area contributed by atoms with Gasteiger partial charge in [-0.3, -0.25) is 0 Å². The maximum absolute atomic E-state index is 10.1. The molecule has 2 aromatic rings. The molecule has 102 valence electrons. The molecule has 0 saturated heterocycles. The number of pyridine rings is 1. The molecule has 0 fully saturated rings. The first-order valence-corrected chi connectivity index (χ1v) is 6.22. The van der Waals surface area contributed by atoms with E-state index in [2.05, 4.69) is 41.3 Å². The second-order valence-corrected chi connectivity index (χ2v) is 5.39. The van der Waals surface area contributed by atoms with Crippen LogP contribution in [-0.2, 0) is 0 Å². The van der Waals surface area contributed by atoms with Gasteiger partial charge in [0.25, 0.3) is 0 Å². The van der Waals surface area contributed by atoms with Gasteiger partial charge in [0.05, 0.1) is 18.1 Å². The van der Waals surface area contributed by atoms with Crippen LogP contribution in [0.4, 0.5) is 0 Å². The number of aliphatic hydroxyl groups is 1. The van der Waals surface area contributed by atoms with Crippen molar-refractivity contribution in [2.75, 3.05) is 6.54 Å². The van der Waals surface area contributed by atoms with Gasteiger partial charge >= 0.3 is 0 Å². The van der Waals surface area contributed by atoms with E-state index in [-0.39, 0.29) is 5.54 Å². The Morgan fingerprint density at radius 1 is 1.26 bits per heavy atom. The average Bonchev–Trinajstić information content (AvgIpc) is 2.89. The first-order chi connectivity index (χ1) is 8.96. The summed E-state index contributed by atoms with van der Waals surface area (Å²) in [4.78, 5) is 5.79. The lowest BCUT2D eigenvalue weighted by Gasteiger charge is -2.22. The molecule has 19 heavy (non-hydrogen) atoms. The van der Waals surface area contributed by atoms with Crippen LogP contribution in [0.15, 0.2) is 30.6 Å². The van der Waals surface area contributed by atoms with Crippen molar-refractivity contribution in [2.24, 2.45) is 0 Å². The van der Waals surface area contributed by atoms with Crippen LogP contribution in [0.2, 0.25) is 0 Å². The van der Waals surface area contributed by atoms with Gasteiger partial charge in [0.15, 0.2) is 5.82 Å². The molecule has 0 aliphatic heterocycles. The second kappa shape index (κ2) is 5.46. The highest BCUT2D eigenvalue weighted by molar-refractivity contribution is 5.23. The van der Waals surface area contributed by atoms with Gasteiger partial charge in [0, 0.05) is 12.1 Å². The number of hydrogen-bond acceptors (Lipinski definition) is 5. The third-order valence-electron chi connectivity index (χ3n) is 2.55. The standard InChI is InChI=1S/C13H19N5O/c1-13(2,3)14-9-11(19)10-5-4-6-12(17-10)18-15-7-8-16-18/h4-8,11,14,19H,9H2,1-3H3. The Labute approximate surface area is 112 Å². The summed E-state index contributed by atoms with van der Waals surface area (Å²) in [5, 5.41) is 21.4. The third-order valence-corrected chi connectivity index (χ3v) is 2.55. The van der Waals surface area contributed by atoms with E-state index in [0.717, 1.165) is 0 Å². The lowest BCUT2D eigenvalue weighted by molar-refractivity contribution is 0.159. The van der Waals surface area contributed by atoms with Crippen LogP contribution in [0.1, 0.15) is 32.6 Å². The number of aliphatic hydroxyl groups excluding tert-OH is 1. The summed E-state index contributed by atoms with van der Waals surface area (Å²) in [6.07, 6.45) is 2.52. The van der Waals surface area contributed by atoms with E-state index in [0.29, 0.717) is 18.1 Å². The molecule has 0 amide bonds. The van der Waals surface area contributed by atoms with Gasteiger partial charge in [-0.2, -0.15) is 10.2 Å². The fourth-order valence-corrected chi connectivity index (χ4v) is 1.58. The van der Waals surface area contributed by atoms with E-state index in [1.165, 1.54) is 4.80 Å². The molecule has 1 atom stereocenters. The van der Waals surface area contributed by atoms with Crippen LogP contribution in [0.5, 0.6) is 0 Å². The lowest BCUT2D eigenvalue weighted by Crippen LogP contribution is -2.38. The van der Waals surface area contributed by atoms with Crippen LogP contribution < -0.4 is 5.32 Å². The van der Waals surface area contributed by atoms with E-state index in [1.54, 1.807) is 24.5 Å². The predicted molar refractivity (Wildman–Crippen MR) is 71.9 cm³/mol. The van der Waals surface area contributed by atoms with Crippen LogP contribution in [0, 0.1) is 0 Å². The molecule has 0 aliphatic rings. The van der Waals surface area contributed by atoms with Gasteiger partial charge < -0.3 is 10.4 Å². The molecule has 0 aliphatic carbocycles. The van der Waals surface area contributed by atoms with Crippen molar-refractivity contribution in [2.45, 2.75) is 32.4 Å². The maximum atomic E-state index is 10.1. The highest BCUT2D eigenvalue weighted by Gasteiger charge is 2.15. The highest BCUT2D eigenvalue weighted by Crippen LogP contribution is 2.12. The van der Waals surface area contributed by atoms with Crippen molar-refractivity contribution >= 4 is 0 Å². The van der Waals surface area contributed by atoms with E-state index in [1.807, 2.05) is 6.07 Å². The normalized spacial score (nSPS) is 13.5. The van der Waals surface area contributed by atoms with E-state index in [4.69, 9.17) is 0 Å². The molecule has 0 radical (unpaired) electrons. The Morgan fingerprint density at radius 2 is 1.95 bits per heavy atom. The van der Waals surface area contributed by atoms with Gasteiger partial charge in [0.2, 0.25) is 0 Å². The summed E-state index contributed by atoms with van der Waals surface area (Å²) in [6, 6.07) is 5.43. The largest absolute Gasteiger partial charge is 0.385 e. The van der Waals surface area contributed by atoms with Crippen molar-refractivity contribution in [1.29, 1.82) is 0 Å². The topological polar surface area (TPSA) is 75.9 Å². The molecule has 0 saturated carbocycles. The Morgan fingerprint density at radius 3 is 2.58 bits per heavy atom. The fraction of sp³-hybridized carbons (Fsp3) is 0.462. The minimum absolute atomic E-state index is 0.0396. The van der Waals surface area contributed by atoms with Crippen molar-refractivity contribution in [3.8, 4) is 5.82 Å². The van der Waals surface area contributed by atoms with Gasteiger partial charge in [-0.05, 0) is 32.9 Å². The average molecular weight is 261 g/mol. The number of rotatable bonds is 4. The first-order valence-electron chi connectivity index (χ1n) is 6.22. The predicted octanol–water partition coefficient (Wildman–Crippen LogP) is 1.08. The Kier molecular flexibility index (Phi) is 3.92. The smallest absolute Gasteiger partial charge is 0.174 e. The number of β-amino-alcohol motifs (C(OH)–C–C–N with tert-alkyl or cyclic N) is 1. The molecule has 2 aromatic heterocycles. The van der Waals surface area contributed by atoms with Crippen molar-refractivity contribution < 1.29 is 5.11 Å². The molecule has 2 heterocycles.